The Labute approximate surface area is 125 Å². The lowest BCUT2D eigenvalue weighted by atomic mass is 10.2. The van der Waals surface area contributed by atoms with E-state index in [1.807, 2.05) is 0 Å². The Morgan fingerprint density at radius 3 is 2.71 bits per heavy atom. The Kier molecular flexibility index (Phi) is 4.28. The summed E-state index contributed by atoms with van der Waals surface area (Å²) in [7, 11) is -3.45. The van der Waals surface area contributed by atoms with Crippen LogP contribution in [0.1, 0.15) is 24.8 Å². The molecule has 0 aromatic heterocycles. The average Bonchev–Trinajstić information content (AvgIpc) is 2.78. The summed E-state index contributed by atoms with van der Waals surface area (Å²) >= 11 is 0. The lowest BCUT2D eigenvalue weighted by Crippen LogP contribution is -2.40. The summed E-state index contributed by atoms with van der Waals surface area (Å²) in [6.07, 6.45) is 3.06. The molecular weight excluding hydrogens is 291 g/mol. The van der Waals surface area contributed by atoms with Gasteiger partial charge >= 0.3 is 0 Å². The van der Waals surface area contributed by atoms with Crippen LogP contribution in [0.3, 0.4) is 0 Å². The molecule has 0 bridgehead atoms. The summed E-state index contributed by atoms with van der Waals surface area (Å²) < 4.78 is 40.4. The quantitative estimate of drug-likeness (QED) is 0.855. The van der Waals surface area contributed by atoms with Gasteiger partial charge in [-0.2, -0.15) is 0 Å². The van der Waals surface area contributed by atoms with Gasteiger partial charge in [0, 0.05) is 24.7 Å². The van der Waals surface area contributed by atoms with E-state index >= 15 is 0 Å². The molecule has 1 unspecified atom stereocenters. The highest BCUT2D eigenvalue weighted by Gasteiger charge is 2.33. The monoisotopic (exact) mass is 312 g/mol. The highest BCUT2D eigenvalue weighted by Crippen LogP contribution is 2.24. The minimum Gasteiger partial charge on any atom is -0.299 e. The molecule has 2 aliphatic rings. The minimum atomic E-state index is -3.45. The summed E-state index contributed by atoms with van der Waals surface area (Å²) in [4.78, 5) is 2.39. The van der Waals surface area contributed by atoms with E-state index in [9.17, 15) is 12.8 Å². The van der Waals surface area contributed by atoms with Gasteiger partial charge in [0.2, 0.25) is 10.0 Å². The van der Waals surface area contributed by atoms with Crippen LogP contribution in [-0.4, -0.2) is 49.8 Å². The van der Waals surface area contributed by atoms with Gasteiger partial charge in [0.15, 0.2) is 0 Å². The minimum absolute atomic E-state index is 0.244. The maximum absolute atomic E-state index is 13.7. The van der Waals surface area contributed by atoms with Crippen LogP contribution < -0.4 is 0 Å². The smallest absolute Gasteiger partial charge is 0.218 e. The Bertz CT molecular complexity index is 605. The number of fused-ring (bicyclic) bond motifs is 1. The third kappa shape index (κ3) is 3.27. The van der Waals surface area contributed by atoms with E-state index in [1.54, 1.807) is 22.5 Å². The predicted molar refractivity (Wildman–Crippen MR) is 79.8 cm³/mol. The zero-order valence-electron chi connectivity index (χ0n) is 12.0. The zero-order chi connectivity index (χ0) is 14.9. The Hall–Kier alpha value is -0.980. The number of sulfonamides is 1. The summed E-state index contributed by atoms with van der Waals surface area (Å²) in [6.45, 7) is 3.14. The fourth-order valence-electron chi connectivity index (χ4n) is 3.33. The van der Waals surface area contributed by atoms with Crippen molar-refractivity contribution in [1.82, 2.24) is 9.21 Å². The lowest BCUT2D eigenvalue weighted by molar-refractivity contribution is 0.257. The SMILES string of the molecule is O=S(=O)(Cc1ccccc1F)N1CCCN2CCCC2C1. The summed E-state index contributed by atoms with van der Waals surface area (Å²) in [5.74, 6) is -0.690. The fraction of sp³-hybridized carbons (Fsp3) is 0.600. The van der Waals surface area contributed by atoms with Crippen molar-refractivity contribution in [3.8, 4) is 0 Å². The van der Waals surface area contributed by atoms with Gasteiger partial charge in [0.05, 0.1) is 5.75 Å². The molecule has 0 spiro atoms. The van der Waals surface area contributed by atoms with Crippen molar-refractivity contribution in [3.63, 3.8) is 0 Å². The number of benzene rings is 1. The van der Waals surface area contributed by atoms with Gasteiger partial charge in [-0.1, -0.05) is 18.2 Å². The molecule has 21 heavy (non-hydrogen) atoms. The molecule has 0 N–H and O–H groups in total. The summed E-state index contributed by atoms with van der Waals surface area (Å²) in [5, 5.41) is 0. The molecule has 4 nitrogen and oxygen atoms in total. The molecule has 6 heteroatoms. The van der Waals surface area contributed by atoms with Crippen LogP contribution in [0.4, 0.5) is 4.39 Å². The predicted octanol–water partition coefficient (Wildman–Crippen LogP) is 1.83. The number of nitrogens with zero attached hydrogens (tertiary/aromatic N) is 2. The number of hydrogen-bond acceptors (Lipinski definition) is 3. The second-order valence-electron chi connectivity index (χ2n) is 5.89. The largest absolute Gasteiger partial charge is 0.299 e. The van der Waals surface area contributed by atoms with Gasteiger partial charge in [-0.05, 0) is 38.4 Å². The zero-order valence-corrected chi connectivity index (χ0v) is 12.9. The molecule has 0 saturated carbocycles. The maximum Gasteiger partial charge on any atom is 0.218 e. The Balaban J connectivity index is 1.76. The summed E-state index contributed by atoms with van der Waals surface area (Å²) in [6, 6.07) is 6.45. The average molecular weight is 312 g/mol. The van der Waals surface area contributed by atoms with Gasteiger partial charge in [-0.25, -0.2) is 17.1 Å². The number of halogens is 1. The third-order valence-corrected chi connectivity index (χ3v) is 6.25. The van der Waals surface area contributed by atoms with E-state index in [2.05, 4.69) is 4.90 Å². The van der Waals surface area contributed by atoms with Crippen molar-refractivity contribution in [2.24, 2.45) is 0 Å². The van der Waals surface area contributed by atoms with Crippen molar-refractivity contribution in [2.45, 2.75) is 31.1 Å². The summed E-state index contributed by atoms with van der Waals surface area (Å²) in [5.41, 5.74) is 0.255. The van der Waals surface area contributed by atoms with E-state index in [0.717, 1.165) is 32.4 Å². The molecular formula is C15H21FN2O2S. The van der Waals surface area contributed by atoms with Crippen LogP contribution in [0.25, 0.3) is 0 Å². The van der Waals surface area contributed by atoms with E-state index in [4.69, 9.17) is 0 Å². The first-order valence-electron chi connectivity index (χ1n) is 7.51. The molecule has 2 saturated heterocycles. The number of hydrogen-bond donors (Lipinski definition) is 0. The van der Waals surface area contributed by atoms with Crippen LogP contribution in [0.15, 0.2) is 24.3 Å². The van der Waals surface area contributed by atoms with Gasteiger partial charge in [0.25, 0.3) is 0 Å². The molecule has 1 aromatic carbocycles. The van der Waals surface area contributed by atoms with Crippen molar-refractivity contribution in [3.05, 3.63) is 35.6 Å². The lowest BCUT2D eigenvalue weighted by Gasteiger charge is -2.25. The van der Waals surface area contributed by atoms with E-state index in [0.29, 0.717) is 19.1 Å². The molecule has 2 heterocycles. The number of rotatable bonds is 3. The van der Waals surface area contributed by atoms with Gasteiger partial charge in [-0.3, -0.25) is 4.90 Å². The highest BCUT2D eigenvalue weighted by atomic mass is 32.2. The van der Waals surface area contributed by atoms with Crippen LogP contribution in [0.5, 0.6) is 0 Å². The fourth-order valence-corrected chi connectivity index (χ4v) is 4.94. The normalized spacial score (nSPS) is 24.7. The molecule has 0 amide bonds. The van der Waals surface area contributed by atoms with E-state index in [1.165, 1.54) is 6.07 Å². The first kappa shape index (κ1) is 14.9. The van der Waals surface area contributed by atoms with Crippen LogP contribution in [-0.2, 0) is 15.8 Å². The molecule has 1 atom stereocenters. The Morgan fingerprint density at radius 2 is 1.90 bits per heavy atom. The van der Waals surface area contributed by atoms with Crippen molar-refractivity contribution in [1.29, 1.82) is 0 Å². The van der Waals surface area contributed by atoms with Crippen LogP contribution in [0, 0.1) is 5.82 Å². The van der Waals surface area contributed by atoms with Gasteiger partial charge in [0.1, 0.15) is 5.82 Å². The van der Waals surface area contributed by atoms with E-state index < -0.39 is 15.8 Å². The molecule has 0 radical (unpaired) electrons. The van der Waals surface area contributed by atoms with E-state index in [-0.39, 0.29) is 11.3 Å². The first-order chi connectivity index (χ1) is 10.1. The van der Waals surface area contributed by atoms with Crippen LogP contribution in [0.2, 0.25) is 0 Å². The second-order valence-corrected chi connectivity index (χ2v) is 7.86. The molecule has 116 valence electrons. The molecule has 1 aromatic rings. The molecule has 2 aliphatic heterocycles. The first-order valence-corrected chi connectivity index (χ1v) is 9.12. The van der Waals surface area contributed by atoms with Gasteiger partial charge < -0.3 is 0 Å². The molecule has 3 rings (SSSR count). The molecule has 2 fully saturated rings. The third-order valence-electron chi connectivity index (χ3n) is 4.46. The molecule has 0 aliphatic carbocycles. The van der Waals surface area contributed by atoms with Gasteiger partial charge in [-0.15, -0.1) is 0 Å². The van der Waals surface area contributed by atoms with Crippen LogP contribution >= 0.6 is 0 Å². The standard InChI is InChI=1S/C15H21FN2O2S/c16-15-7-2-1-5-13(15)12-21(19,20)18-10-4-9-17-8-3-6-14(17)11-18/h1-2,5,7,14H,3-4,6,8-12H2. The second kappa shape index (κ2) is 6.02. The van der Waals surface area contributed by atoms with Crippen molar-refractivity contribution in [2.75, 3.05) is 26.2 Å². The van der Waals surface area contributed by atoms with Crippen molar-refractivity contribution >= 4 is 10.0 Å². The topological polar surface area (TPSA) is 40.6 Å². The van der Waals surface area contributed by atoms with Crippen molar-refractivity contribution < 1.29 is 12.8 Å². The Morgan fingerprint density at radius 1 is 1.14 bits per heavy atom. The highest BCUT2D eigenvalue weighted by molar-refractivity contribution is 7.88. The maximum atomic E-state index is 13.7.